The van der Waals surface area contributed by atoms with Crippen molar-refractivity contribution >= 4 is 63.5 Å². The number of aromatic hydroxyl groups is 1. The molecule has 0 saturated carbocycles. The van der Waals surface area contributed by atoms with Crippen molar-refractivity contribution < 1.29 is 31.9 Å². The van der Waals surface area contributed by atoms with Gasteiger partial charge in [0.1, 0.15) is 17.6 Å². The second-order valence-electron chi connectivity index (χ2n) is 11.3. The molecular formula is C37H38Br2O7S. The van der Waals surface area contributed by atoms with Crippen LogP contribution in [0.5, 0.6) is 11.5 Å². The minimum absolute atomic E-state index is 0.217. The van der Waals surface area contributed by atoms with Crippen LogP contribution in [0.15, 0.2) is 111 Å². The van der Waals surface area contributed by atoms with Crippen LogP contribution >= 0.6 is 31.9 Å². The van der Waals surface area contributed by atoms with Crippen molar-refractivity contribution in [1.29, 1.82) is 0 Å². The first-order chi connectivity index (χ1) is 22.7. The van der Waals surface area contributed by atoms with Crippen molar-refractivity contribution in [3.05, 3.63) is 112 Å². The number of halogens is 2. The van der Waals surface area contributed by atoms with Crippen molar-refractivity contribution in [1.82, 2.24) is 0 Å². The summed E-state index contributed by atoms with van der Waals surface area (Å²) in [4.78, 5) is 0.217. The molecule has 2 fully saturated rings. The maximum Gasteiger partial charge on any atom is 0.297 e. The molecule has 0 radical (unpaired) electrons. The molecule has 0 aliphatic carbocycles. The molecule has 7 nitrogen and oxygen atoms in total. The number of benzene rings is 5. The van der Waals surface area contributed by atoms with Gasteiger partial charge in [-0.1, -0.05) is 98.1 Å². The first-order valence-corrected chi connectivity index (χ1v) is 18.6. The minimum atomic E-state index is -3.63. The fourth-order valence-corrected chi connectivity index (χ4v) is 7.36. The lowest BCUT2D eigenvalue weighted by molar-refractivity contribution is 0.0261. The normalized spacial score (nSPS) is 15.7. The van der Waals surface area contributed by atoms with Crippen molar-refractivity contribution in [2.75, 3.05) is 26.4 Å². The molecule has 2 aliphatic rings. The Morgan fingerprint density at radius 1 is 0.638 bits per heavy atom. The first-order valence-electron chi connectivity index (χ1n) is 15.6. The molecule has 47 heavy (non-hydrogen) atoms. The Balaban J connectivity index is 0.000000141. The fourth-order valence-electron chi connectivity index (χ4n) is 5.27. The maximum atomic E-state index is 11.9. The van der Waals surface area contributed by atoms with Gasteiger partial charge < -0.3 is 19.3 Å². The van der Waals surface area contributed by atoms with E-state index in [1.54, 1.807) is 30.3 Å². The summed E-state index contributed by atoms with van der Waals surface area (Å²) in [5.74, 6) is 1.30. The predicted octanol–water partition coefficient (Wildman–Crippen LogP) is 9.35. The van der Waals surface area contributed by atoms with Crippen LogP contribution in [-0.2, 0) is 23.8 Å². The summed E-state index contributed by atoms with van der Waals surface area (Å²) in [6, 6.07) is 30.3. The standard InChI is InChI=1S/C15H15BrO2.C12H16O4S.C10H7BrO/c16-14-5-6-15(13-4-2-1-3-12(13)14)18-11-7-9-17-10-8-11;1-10-2-4-12(5-3-10)17(13,14)16-11-6-8-15-9-7-11;11-9-5-6-10(12)8-4-2-1-3-7(8)9/h1-6,11H,7-10H2;2-5,11H,6-9H2,1H3;1-6,12H. The molecule has 1 N–H and O–H groups in total. The molecule has 7 rings (SSSR count). The predicted molar refractivity (Wildman–Crippen MR) is 193 cm³/mol. The summed E-state index contributed by atoms with van der Waals surface area (Å²) in [5, 5.41) is 13.8. The van der Waals surface area contributed by atoms with Gasteiger partial charge in [-0.15, -0.1) is 0 Å². The van der Waals surface area contributed by atoms with E-state index in [1.165, 1.54) is 10.8 Å². The number of phenolic OH excluding ortho intramolecular Hbond substituents is 1. The molecule has 2 heterocycles. The smallest absolute Gasteiger partial charge is 0.297 e. The molecule has 248 valence electrons. The minimum Gasteiger partial charge on any atom is -0.507 e. The molecule has 0 bridgehead atoms. The quantitative estimate of drug-likeness (QED) is 0.178. The van der Waals surface area contributed by atoms with Gasteiger partial charge >= 0.3 is 0 Å². The molecule has 5 aromatic rings. The summed E-state index contributed by atoms with van der Waals surface area (Å²) in [7, 11) is -3.63. The van der Waals surface area contributed by atoms with Gasteiger partial charge in [-0.25, -0.2) is 0 Å². The Morgan fingerprint density at radius 3 is 1.70 bits per heavy atom. The SMILES string of the molecule is Brc1ccc(OC2CCOCC2)c2ccccc12.Cc1ccc(S(=O)(=O)OC2CCOCC2)cc1.Oc1ccc(Br)c2ccccc12. The summed E-state index contributed by atoms with van der Waals surface area (Å²) in [6.07, 6.45) is 3.24. The van der Waals surface area contributed by atoms with Crippen LogP contribution in [0.25, 0.3) is 21.5 Å². The average molecular weight is 787 g/mol. The number of aryl methyl sites for hydroxylation is 1. The van der Waals surface area contributed by atoms with Crippen molar-refractivity contribution in [2.24, 2.45) is 0 Å². The van der Waals surface area contributed by atoms with Gasteiger partial charge in [0.15, 0.2) is 0 Å². The van der Waals surface area contributed by atoms with E-state index in [0.29, 0.717) is 31.8 Å². The van der Waals surface area contributed by atoms with Crippen molar-refractivity contribution in [3.8, 4) is 11.5 Å². The highest BCUT2D eigenvalue weighted by Crippen LogP contribution is 2.33. The number of rotatable bonds is 5. The first kappa shape index (κ1) is 35.3. The van der Waals surface area contributed by atoms with Gasteiger partial charge in [0.2, 0.25) is 0 Å². The highest BCUT2D eigenvalue weighted by molar-refractivity contribution is 9.11. The fraction of sp³-hybridized carbons (Fsp3) is 0.297. The third kappa shape index (κ3) is 9.78. The lowest BCUT2D eigenvalue weighted by Crippen LogP contribution is -2.26. The Kier molecular flexibility index (Phi) is 12.7. The maximum absolute atomic E-state index is 11.9. The third-order valence-corrected chi connectivity index (χ3v) is 10.6. The largest absolute Gasteiger partial charge is 0.507 e. The molecule has 0 unspecified atom stereocenters. The zero-order valence-electron chi connectivity index (χ0n) is 26.1. The Hall–Kier alpha value is -2.99. The van der Waals surface area contributed by atoms with E-state index in [0.717, 1.165) is 57.1 Å². The zero-order chi connectivity index (χ0) is 33.2. The molecule has 0 atom stereocenters. The van der Waals surface area contributed by atoms with Gasteiger partial charge in [-0.2, -0.15) is 8.42 Å². The Labute approximate surface area is 293 Å². The van der Waals surface area contributed by atoms with E-state index in [-0.39, 0.29) is 17.1 Å². The van der Waals surface area contributed by atoms with Crippen LogP contribution in [0.1, 0.15) is 31.2 Å². The van der Waals surface area contributed by atoms with E-state index in [4.69, 9.17) is 18.4 Å². The van der Waals surface area contributed by atoms with E-state index < -0.39 is 10.1 Å². The van der Waals surface area contributed by atoms with Gasteiger partial charge in [-0.3, -0.25) is 4.18 Å². The van der Waals surface area contributed by atoms with Crippen molar-refractivity contribution in [2.45, 2.75) is 49.7 Å². The second-order valence-corrected chi connectivity index (χ2v) is 14.6. The summed E-state index contributed by atoms with van der Waals surface area (Å²) >= 11 is 7.00. The Bertz CT molecular complexity index is 1830. The lowest BCUT2D eigenvalue weighted by atomic mass is 10.1. The zero-order valence-corrected chi connectivity index (χ0v) is 30.1. The molecular weight excluding hydrogens is 748 g/mol. The molecule has 10 heteroatoms. The summed E-state index contributed by atoms with van der Waals surface area (Å²) < 4.78 is 47.9. The van der Waals surface area contributed by atoms with Crippen LogP contribution in [0, 0.1) is 6.92 Å². The van der Waals surface area contributed by atoms with E-state index in [9.17, 15) is 13.5 Å². The van der Waals surface area contributed by atoms with Gasteiger partial charge in [0.05, 0.1) is 24.2 Å². The highest BCUT2D eigenvalue weighted by Gasteiger charge is 2.23. The van der Waals surface area contributed by atoms with Crippen LogP contribution in [0.2, 0.25) is 0 Å². The van der Waals surface area contributed by atoms with E-state index in [1.807, 2.05) is 55.5 Å². The number of hydrogen-bond acceptors (Lipinski definition) is 7. The number of phenols is 1. The van der Waals surface area contributed by atoms with Gasteiger partial charge in [0, 0.05) is 45.8 Å². The average Bonchev–Trinajstić information content (AvgIpc) is 3.09. The highest BCUT2D eigenvalue weighted by atomic mass is 79.9. The van der Waals surface area contributed by atoms with Crippen LogP contribution in [-0.4, -0.2) is 52.2 Å². The molecule has 0 spiro atoms. The molecule has 5 aromatic carbocycles. The van der Waals surface area contributed by atoms with Gasteiger partial charge in [0.25, 0.3) is 10.1 Å². The van der Waals surface area contributed by atoms with Crippen molar-refractivity contribution in [3.63, 3.8) is 0 Å². The third-order valence-electron chi connectivity index (χ3n) is 7.88. The monoisotopic (exact) mass is 784 g/mol. The molecule has 0 amide bonds. The topological polar surface area (TPSA) is 91.3 Å². The summed E-state index contributed by atoms with van der Waals surface area (Å²) in [5.41, 5.74) is 1.02. The van der Waals surface area contributed by atoms with Crippen LogP contribution in [0.4, 0.5) is 0 Å². The number of fused-ring (bicyclic) bond motifs is 2. The van der Waals surface area contributed by atoms with E-state index >= 15 is 0 Å². The van der Waals surface area contributed by atoms with Gasteiger partial charge in [-0.05, 0) is 66.9 Å². The van der Waals surface area contributed by atoms with Crippen LogP contribution in [0.3, 0.4) is 0 Å². The molecule has 2 aliphatic heterocycles. The number of ether oxygens (including phenoxy) is 3. The second kappa shape index (κ2) is 16.9. The summed E-state index contributed by atoms with van der Waals surface area (Å²) in [6.45, 7) is 4.65. The Morgan fingerprint density at radius 2 is 1.13 bits per heavy atom. The lowest BCUT2D eigenvalue weighted by Gasteiger charge is -2.24. The number of hydrogen-bond donors (Lipinski definition) is 1. The molecule has 2 saturated heterocycles. The van der Waals surface area contributed by atoms with Crippen LogP contribution < -0.4 is 4.74 Å². The van der Waals surface area contributed by atoms with E-state index in [2.05, 4.69) is 50.1 Å². The molecule has 0 aromatic heterocycles.